The Morgan fingerprint density at radius 2 is 1.85 bits per heavy atom. The van der Waals surface area contributed by atoms with Crippen LogP contribution in [0.1, 0.15) is 45.1 Å². The Balaban J connectivity index is 1.36. The molecule has 3 rings (SSSR count). The lowest BCUT2D eigenvalue weighted by Gasteiger charge is -2.32. The minimum Gasteiger partial charge on any atom is -0.492 e. The van der Waals surface area contributed by atoms with Crippen molar-refractivity contribution < 1.29 is 9.53 Å². The van der Waals surface area contributed by atoms with E-state index in [0.29, 0.717) is 6.04 Å². The summed E-state index contributed by atoms with van der Waals surface area (Å²) in [5.74, 6) is 1.87. The average Bonchev–Trinajstić information content (AvgIpc) is 2.64. The smallest absolute Gasteiger partial charge is 0.217 e. The third-order valence-electron chi connectivity index (χ3n) is 5.74. The molecule has 0 bridgehead atoms. The van der Waals surface area contributed by atoms with E-state index < -0.39 is 0 Å². The number of nitrogens with one attached hydrogen (secondary N) is 1. The van der Waals surface area contributed by atoms with Gasteiger partial charge in [0.15, 0.2) is 0 Å². The van der Waals surface area contributed by atoms with Crippen LogP contribution in [-0.4, -0.2) is 61.1 Å². The Kier molecular flexibility index (Phi) is 7.53. The molecule has 1 atom stereocenters. The fraction of sp³-hybridized carbons (Fsp3) is 0.682. The molecule has 1 aromatic rings. The summed E-state index contributed by atoms with van der Waals surface area (Å²) in [6.07, 6.45) is 4.76. The van der Waals surface area contributed by atoms with Crippen LogP contribution < -0.4 is 10.1 Å². The van der Waals surface area contributed by atoms with Gasteiger partial charge in [-0.15, -0.1) is 0 Å². The normalized spacial score (nSPS) is 22.5. The first-order chi connectivity index (χ1) is 13.1. The SMILES string of the molecule is CC(=O)NC1CCN(Cc2ccc(OCCN3CCCC(C)C3)cc2)CC1. The molecule has 2 fully saturated rings. The number of rotatable bonds is 7. The molecule has 0 radical (unpaired) electrons. The minimum absolute atomic E-state index is 0.0823. The molecule has 2 saturated heterocycles. The summed E-state index contributed by atoms with van der Waals surface area (Å²) < 4.78 is 5.94. The topological polar surface area (TPSA) is 44.8 Å². The highest BCUT2D eigenvalue weighted by Gasteiger charge is 2.19. The number of likely N-dealkylation sites (tertiary alicyclic amines) is 2. The van der Waals surface area contributed by atoms with Gasteiger partial charge in [-0.05, 0) is 55.8 Å². The lowest BCUT2D eigenvalue weighted by molar-refractivity contribution is -0.119. The molecule has 5 nitrogen and oxygen atoms in total. The number of benzene rings is 1. The van der Waals surface area contributed by atoms with Gasteiger partial charge in [0.2, 0.25) is 5.91 Å². The van der Waals surface area contributed by atoms with Crippen LogP contribution >= 0.6 is 0 Å². The van der Waals surface area contributed by atoms with Crippen molar-refractivity contribution in [2.24, 2.45) is 5.92 Å². The zero-order valence-electron chi connectivity index (χ0n) is 17.0. The predicted molar refractivity (Wildman–Crippen MR) is 109 cm³/mol. The maximum atomic E-state index is 11.2. The summed E-state index contributed by atoms with van der Waals surface area (Å²) in [6, 6.07) is 8.89. The molecule has 1 unspecified atom stereocenters. The van der Waals surface area contributed by atoms with Crippen LogP contribution in [0.25, 0.3) is 0 Å². The highest BCUT2D eigenvalue weighted by molar-refractivity contribution is 5.73. The molecule has 1 amide bonds. The molecule has 0 saturated carbocycles. The van der Waals surface area contributed by atoms with E-state index in [0.717, 1.165) is 57.3 Å². The molecule has 150 valence electrons. The van der Waals surface area contributed by atoms with Gasteiger partial charge in [-0.2, -0.15) is 0 Å². The fourth-order valence-electron chi connectivity index (χ4n) is 4.25. The maximum Gasteiger partial charge on any atom is 0.217 e. The highest BCUT2D eigenvalue weighted by atomic mass is 16.5. The van der Waals surface area contributed by atoms with Crippen LogP contribution in [-0.2, 0) is 11.3 Å². The largest absolute Gasteiger partial charge is 0.492 e. The fourth-order valence-corrected chi connectivity index (χ4v) is 4.25. The van der Waals surface area contributed by atoms with Gasteiger partial charge in [-0.25, -0.2) is 0 Å². The summed E-state index contributed by atoms with van der Waals surface area (Å²) in [5, 5.41) is 3.03. The van der Waals surface area contributed by atoms with E-state index in [-0.39, 0.29) is 5.91 Å². The lowest BCUT2D eigenvalue weighted by atomic mass is 10.0. The second-order valence-corrected chi connectivity index (χ2v) is 8.29. The molecule has 0 aliphatic carbocycles. The predicted octanol–water partition coefficient (Wildman–Crippen LogP) is 2.90. The quantitative estimate of drug-likeness (QED) is 0.798. The zero-order chi connectivity index (χ0) is 19.1. The summed E-state index contributed by atoms with van der Waals surface area (Å²) in [4.78, 5) is 16.1. The van der Waals surface area contributed by atoms with Crippen molar-refractivity contribution >= 4 is 5.91 Å². The molecule has 2 aliphatic heterocycles. The Morgan fingerprint density at radius 3 is 2.52 bits per heavy atom. The molecule has 0 spiro atoms. The van der Waals surface area contributed by atoms with Crippen molar-refractivity contribution in [2.45, 2.75) is 52.1 Å². The van der Waals surface area contributed by atoms with E-state index in [9.17, 15) is 4.79 Å². The molecule has 27 heavy (non-hydrogen) atoms. The second-order valence-electron chi connectivity index (χ2n) is 8.29. The van der Waals surface area contributed by atoms with E-state index >= 15 is 0 Å². The number of piperidine rings is 2. The van der Waals surface area contributed by atoms with Gasteiger partial charge in [0.25, 0.3) is 0 Å². The van der Waals surface area contributed by atoms with E-state index in [1.54, 1.807) is 6.92 Å². The highest BCUT2D eigenvalue weighted by Crippen LogP contribution is 2.18. The third-order valence-corrected chi connectivity index (χ3v) is 5.74. The first kappa shape index (κ1) is 20.2. The summed E-state index contributed by atoms with van der Waals surface area (Å²) in [6.45, 7) is 11.2. The van der Waals surface area contributed by atoms with Crippen LogP contribution in [0.2, 0.25) is 0 Å². The van der Waals surface area contributed by atoms with Crippen LogP contribution in [0.5, 0.6) is 5.75 Å². The van der Waals surface area contributed by atoms with E-state index in [2.05, 4.69) is 46.3 Å². The number of carbonyl (C=O) groups is 1. The molecular formula is C22H35N3O2. The number of nitrogens with zero attached hydrogens (tertiary/aromatic N) is 2. The number of amides is 1. The van der Waals surface area contributed by atoms with Crippen LogP contribution in [0, 0.1) is 5.92 Å². The van der Waals surface area contributed by atoms with E-state index in [1.807, 2.05) is 0 Å². The van der Waals surface area contributed by atoms with Crippen LogP contribution in [0.3, 0.4) is 0 Å². The van der Waals surface area contributed by atoms with Crippen LogP contribution in [0.15, 0.2) is 24.3 Å². The number of hydrogen-bond donors (Lipinski definition) is 1. The Hall–Kier alpha value is -1.59. The van der Waals surface area contributed by atoms with Crippen molar-refractivity contribution in [2.75, 3.05) is 39.3 Å². The monoisotopic (exact) mass is 373 g/mol. The summed E-state index contributed by atoms with van der Waals surface area (Å²) in [5.41, 5.74) is 1.32. The van der Waals surface area contributed by atoms with Gasteiger partial charge in [-0.1, -0.05) is 19.1 Å². The average molecular weight is 374 g/mol. The van der Waals surface area contributed by atoms with Gasteiger partial charge in [0.1, 0.15) is 12.4 Å². The van der Waals surface area contributed by atoms with Crippen molar-refractivity contribution in [1.29, 1.82) is 0 Å². The number of hydrogen-bond acceptors (Lipinski definition) is 4. The zero-order valence-corrected chi connectivity index (χ0v) is 17.0. The first-order valence-electron chi connectivity index (χ1n) is 10.5. The standard InChI is InChI=1S/C22H35N3O2/c1-18-4-3-11-24(16-18)14-15-27-22-7-5-20(6-8-22)17-25-12-9-21(10-13-25)23-19(2)26/h5-8,18,21H,3-4,9-17H2,1-2H3,(H,23,26). The molecule has 2 heterocycles. The van der Waals surface area contributed by atoms with E-state index in [1.165, 1.54) is 31.5 Å². The first-order valence-corrected chi connectivity index (χ1v) is 10.5. The molecule has 1 N–H and O–H groups in total. The van der Waals surface area contributed by atoms with Crippen LogP contribution in [0.4, 0.5) is 0 Å². The van der Waals surface area contributed by atoms with Gasteiger partial charge in [-0.3, -0.25) is 14.6 Å². The van der Waals surface area contributed by atoms with Gasteiger partial charge >= 0.3 is 0 Å². The van der Waals surface area contributed by atoms with Gasteiger partial charge < -0.3 is 10.1 Å². The van der Waals surface area contributed by atoms with Crippen molar-refractivity contribution in [1.82, 2.24) is 15.1 Å². The Bertz CT molecular complexity index is 582. The molecule has 5 heteroatoms. The summed E-state index contributed by atoms with van der Waals surface area (Å²) >= 11 is 0. The second kappa shape index (κ2) is 10.1. The Labute approximate surface area is 164 Å². The van der Waals surface area contributed by atoms with Crippen molar-refractivity contribution in [3.8, 4) is 5.75 Å². The van der Waals surface area contributed by atoms with E-state index in [4.69, 9.17) is 4.74 Å². The third kappa shape index (κ3) is 6.82. The van der Waals surface area contributed by atoms with Gasteiger partial charge in [0, 0.05) is 45.7 Å². The Morgan fingerprint density at radius 1 is 1.11 bits per heavy atom. The molecular weight excluding hydrogens is 338 g/mol. The lowest BCUT2D eigenvalue weighted by Crippen LogP contribution is -2.43. The number of ether oxygens (including phenoxy) is 1. The van der Waals surface area contributed by atoms with Crippen molar-refractivity contribution in [3.63, 3.8) is 0 Å². The van der Waals surface area contributed by atoms with Crippen molar-refractivity contribution in [3.05, 3.63) is 29.8 Å². The minimum atomic E-state index is 0.0823. The molecule has 1 aromatic carbocycles. The number of carbonyl (C=O) groups excluding carboxylic acids is 1. The molecule has 2 aliphatic rings. The van der Waals surface area contributed by atoms with Gasteiger partial charge in [0.05, 0.1) is 0 Å². The molecule has 0 aromatic heterocycles. The maximum absolute atomic E-state index is 11.2. The summed E-state index contributed by atoms with van der Waals surface area (Å²) in [7, 11) is 0.